The van der Waals surface area contributed by atoms with Crippen molar-refractivity contribution >= 4 is 21.6 Å². The number of hydrogen-bond donors (Lipinski definition) is 1. The van der Waals surface area contributed by atoms with Gasteiger partial charge in [0.1, 0.15) is 12.4 Å². The lowest BCUT2D eigenvalue weighted by atomic mass is 10.1. The number of nitrogens with one attached hydrogen (secondary N) is 1. The van der Waals surface area contributed by atoms with Gasteiger partial charge in [0.25, 0.3) is 0 Å². The van der Waals surface area contributed by atoms with Gasteiger partial charge in [0.05, 0.1) is 22.8 Å². The Labute approximate surface area is 199 Å². The molecule has 0 spiro atoms. The van der Waals surface area contributed by atoms with E-state index in [2.05, 4.69) is 10.2 Å². The van der Waals surface area contributed by atoms with Crippen molar-refractivity contribution in [2.24, 2.45) is 0 Å². The highest BCUT2D eigenvalue weighted by atomic mass is 32.2. The Morgan fingerprint density at radius 2 is 1.76 bits per heavy atom. The summed E-state index contributed by atoms with van der Waals surface area (Å²) >= 11 is 0. The fourth-order valence-corrected chi connectivity index (χ4v) is 5.66. The van der Waals surface area contributed by atoms with Crippen LogP contribution in [0.2, 0.25) is 0 Å². The molecule has 0 aliphatic carbocycles. The van der Waals surface area contributed by atoms with Crippen molar-refractivity contribution in [2.45, 2.75) is 25.0 Å². The molecule has 0 unspecified atom stereocenters. The molecule has 2 aliphatic heterocycles. The van der Waals surface area contributed by atoms with Crippen molar-refractivity contribution in [1.29, 1.82) is 0 Å². The third-order valence-electron chi connectivity index (χ3n) is 6.20. The van der Waals surface area contributed by atoms with E-state index in [1.165, 1.54) is 6.92 Å². The van der Waals surface area contributed by atoms with E-state index in [1.807, 2.05) is 36.0 Å². The molecule has 1 fully saturated rings. The molecule has 3 aromatic rings. The molecule has 1 saturated heterocycles. The number of ether oxygens (including phenoxy) is 1. The van der Waals surface area contributed by atoms with E-state index in [1.54, 1.807) is 28.6 Å². The van der Waals surface area contributed by atoms with Crippen molar-refractivity contribution in [3.05, 3.63) is 59.8 Å². The number of nitrogens with zero attached hydrogens (tertiary/aromatic N) is 4. The molecule has 0 atom stereocenters. The maximum absolute atomic E-state index is 13.0. The van der Waals surface area contributed by atoms with Gasteiger partial charge in [-0.3, -0.25) is 9.48 Å². The molecular formula is C24H27N5O4S. The van der Waals surface area contributed by atoms with E-state index in [0.29, 0.717) is 36.8 Å². The summed E-state index contributed by atoms with van der Waals surface area (Å²) in [5.74, 6) is 0.588. The first-order valence-electron chi connectivity index (χ1n) is 11.2. The third kappa shape index (κ3) is 4.44. The monoisotopic (exact) mass is 481 g/mol. The summed E-state index contributed by atoms with van der Waals surface area (Å²) in [6.45, 7) is 4.83. The smallest absolute Gasteiger partial charge is 0.243 e. The zero-order valence-electron chi connectivity index (χ0n) is 19.2. The summed E-state index contributed by atoms with van der Waals surface area (Å²) in [4.78, 5) is 13.8. The highest BCUT2D eigenvalue weighted by Crippen LogP contribution is 2.30. The van der Waals surface area contributed by atoms with Crippen LogP contribution in [0.5, 0.6) is 5.75 Å². The van der Waals surface area contributed by atoms with Crippen molar-refractivity contribution in [3.63, 3.8) is 0 Å². The quantitative estimate of drug-likeness (QED) is 0.615. The Morgan fingerprint density at radius 1 is 1.03 bits per heavy atom. The zero-order chi connectivity index (χ0) is 23.9. The first-order chi connectivity index (χ1) is 16.3. The molecule has 10 heteroatoms. The largest absolute Gasteiger partial charge is 0.487 e. The van der Waals surface area contributed by atoms with Gasteiger partial charge in [0, 0.05) is 56.0 Å². The van der Waals surface area contributed by atoms with Gasteiger partial charge in [-0.1, -0.05) is 18.2 Å². The third-order valence-corrected chi connectivity index (χ3v) is 8.11. The van der Waals surface area contributed by atoms with Gasteiger partial charge in [-0.15, -0.1) is 0 Å². The molecule has 9 nitrogen and oxygen atoms in total. The number of carbonyl (C=O) groups excluding carboxylic acids is 1. The molecule has 2 aliphatic rings. The Balaban J connectivity index is 1.35. The maximum atomic E-state index is 13.0. The van der Waals surface area contributed by atoms with Crippen molar-refractivity contribution < 1.29 is 17.9 Å². The summed E-state index contributed by atoms with van der Waals surface area (Å²) in [6, 6.07) is 14.5. The van der Waals surface area contributed by atoms with Gasteiger partial charge in [-0.2, -0.15) is 9.40 Å². The first-order valence-corrected chi connectivity index (χ1v) is 12.6. The van der Waals surface area contributed by atoms with Crippen LogP contribution in [0.15, 0.2) is 53.4 Å². The molecule has 5 rings (SSSR count). The number of anilines is 1. The number of rotatable bonds is 4. The predicted octanol–water partition coefficient (Wildman–Crippen LogP) is 2.39. The van der Waals surface area contributed by atoms with Crippen LogP contribution in [0.3, 0.4) is 0 Å². The predicted molar refractivity (Wildman–Crippen MR) is 128 cm³/mol. The zero-order valence-corrected chi connectivity index (χ0v) is 20.0. The molecule has 178 valence electrons. The Hall–Kier alpha value is -3.21. The minimum Gasteiger partial charge on any atom is -0.487 e. The van der Waals surface area contributed by atoms with E-state index in [9.17, 15) is 13.2 Å². The second-order valence-corrected chi connectivity index (χ2v) is 10.6. The second-order valence-electron chi connectivity index (χ2n) is 8.70. The molecule has 3 heterocycles. The van der Waals surface area contributed by atoms with Gasteiger partial charge in [-0.05, 0) is 31.3 Å². The van der Waals surface area contributed by atoms with Gasteiger partial charge >= 0.3 is 0 Å². The van der Waals surface area contributed by atoms with Gasteiger partial charge in [-0.25, -0.2) is 8.42 Å². The summed E-state index contributed by atoms with van der Waals surface area (Å²) in [7, 11) is -1.50. The van der Waals surface area contributed by atoms with Crippen molar-refractivity contribution in [3.8, 4) is 17.0 Å². The number of piperazine rings is 1. The number of aromatic nitrogens is 2. The van der Waals surface area contributed by atoms with E-state index in [0.717, 1.165) is 41.4 Å². The minimum atomic E-state index is -3.50. The molecule has 1 aromatic heterocycles. The SMILES string of the molecule is CC(=O)Nc1ccc2c(c1)OCc1cc(-c3ccc(S(=O)(=O)N4CCN(C)CC4)cc3)nn1C2. The Morgan fingerprint density at radius 3 is 2.47 bits per heavy atom. The fraction of sp³-hybridized carbons (Fsp3) is 0.333. The van der Waals surface area contributed by atoms with E-state index < -0.39 is 10.0 Å². The summed E-state index contributed by atoms with van der Waals surface area (Å²) in [6.07, 6.45) is 0. The lowest BCUT2D eigenvalue weighted by molar-refractivity contribution is -0.114. The average molecular weight is 482 g/mol. The number of hydrogen-bond acceptors (Lipinski definition) is 6. The number of fused-ring (bicyclic) bond motifs is 2. The Bertz CT molecular complexity index is 1330. The van der Waals surface area contributed by atoms with Crippen LogP contribution < -0.4 is 10.1 Å². The lowest BCUT2D eigenvalue weighted by Crippen LogP contribution is -2.46. The first kappa shape index (κ1) is 22.6. The number of likely N-dealkylation sites (N-methyl/N-ethyl adjacent to an activating group) is 1. The molecule has 1 amide bonds. The fourth-order valence-electron chi connectivity index (χ4n) is 4.24. The number of sulfonamides is 1. The summed E-state index contributed by atoms with van der Waals surface area (Å²) in [5.41, 5.74) is 4.19. The van der Waals surface area contributed by atoms with Gasteiger partial charge in [0.15, 0.2) is 0 Å². The van der Waals surface area contributed by atoms with Crippen LogP contribution in [0, 0.1) is 0 Å². The molecule has 0 saturated carbocycles. The van der Waals surface area contributed by atoms with Crippen molar-refractivity contribution in [2.75, 3.05) is 38.5 Å². The van der Waals surface area contributed by atoms with Crippen LogP contribution in [0.25, 0.3) is 11.3 Å². The lowest BCUT2D eigenvalue weighted by Gasteiger charge is -2.31. The summed E-state index contributed by atoms with van der Waals surface area (Å²) in [5, 5.41) is 7.51. The highest BCUT2D eigenvalue weighted by molar-refractivity contribution is 7.89. The number of carbonyl (C=O) groups is 1. The second kappa shape index (κ2) is 8.86. The average Bonchev–Trinajstić information content (AvgIpc) is 3.14. The van der Waals surface area contributed by atoms with Crippen LogP contribution >= 0.6 is 0 Å². The van der Waals surface area contributed by atoms with Crippen LogP contribution in [0.4, 0.5) is 5.69 Å². The molecule has 34 heavy (non-hydrogen) atoms. The Kier molecular flexibility index (Phi) is 5.88. The van der Waals surface area contributed by atoms with E-state index in [-0.39, 0.29) is 5.91 Å². The van der Waals surface area contributed by atoms with Crippen molar-refractivity contribution in [1.82, 2.24) is 19.0 Å². The van der Waals surface area contributed by atoms with Crippen LogP contribution in [0.1, 0.15) is 18.2 Å². The van der Waals surface area contributed by atoms with E-state index in [4.69, 9.17) is 9.84 Å². The summed E-state index contributed by atoms with van der Waals surface area (Å²) < 4.78 is 35.4. The molecular weight excluding hydrogens is 454 g/mol. The topological polar surface area (TPSA) is 96.8 Å². The number of amides is 1. The standard InChI is InChI=1S/C24H27N5O4S/c1-17(30)25-20-6-3-19-15-29-21(16-33-24(19)13-20)14-23(26-29)18-4-7-22(8-5-18)34(31,32)28-11-9-27(2)10-12-28/h3-8,13-14H,9-12,15-16H2,1-2H3,(H,25,30). The highest BCUT2D eigenvalue weighted by Gasteiger charge is 2.27. The minimum absolute atomic E-state index is 0.131. The maximum Gasteiger partial charge on any atom is 0.243 e. The van der Waals surface area contributed by atoms with Crippen LogP contribution in [-0.2, 0) is 28.0 Å². The van der Waals surface area contributed by atoms with Crippen LogP contribution in [-0.4, -0.2) is 66.5 Å². The molecule has 0 radical (unpaired) electrons. The molecule has 2 aromatic carbocycles. The van der Waals surface area contributed by atoms with E-state index >= 15 is 0 Å². The molecule has 0 bridgehead atoms. The molecule has 1 N–H and O–H groups in total. The van der Waals surface area contributed by atoms with Gasteiger partial charge in [0.2, 0.25) is 15.9 Å². The number of benzene rings is 2. The normalized spacial score (nSPS) is 16.8. The van der Waals surface area contributed by atoms with Gasteiger partial charge < -0.3 is 15.0 Å².